The molecule has 1 aromatic heterocycles. The summed E-state index contributed by atoms with van der Waals surface area (Å²) >= 11 is 0. The van der Waals surface area contributed by atoms with E-state index >= 15 is 0 Å². The van der Waals surface area contributed by atoms with Crippen molar-refractivity contribution in [2.45, 2.75) is 24.8 Å². The molecule has 1 aromatic rings. The van der Waals surface area contributed by atoms with Crippen molar-refractivity contribution in [3.63, 3.8) is 0 Å². The first-order valence-corrected chi connectivity index (χ1v) is 4.87. The van der Waals surface area contributed by atoms with Gasteiger partial charge in [0.05, 0.1) is 5.54 Å². The Morgan fingerprint density at radius 1 is 1.50 bits per heavy atom. The van der Waals surface area contributed by atoms with Crippen molar-refractivity contribution >= 4 is 0 Å². The normalized spacial score (nSPS) is 18.9. The molecule has 5 heteroatoms. The van der Waals surface area contributed by atoms with E-state index in [-0.39, 0.29) is 5.54 Å². The molecule has 78 valence electrons. The zero-order chi connectivity index (χ0) is 10.2. The van der Waals surface area contributed by atoms with Crippen molar-refractivity contribution in [2.24, 2.45) is 5.73 Å². The van der Waals surface area contributed by atoms with Crippen LogP contribution in [0.3, 0.4) is 0 Å². The van der Waals surface area contributed by atoms with Crippen molar-refractivity contribution < 1.29 is 4.52 Å². The van der Waals surface area contributed by atoms with E-state index in [1.807, 2.05) is 14.1 Å². The minimum Gasteiger partial charge on any atom is -0.337 e. The van der Waals surface area contributed by atoms with Crippen LogP contribution >= 0.6 is 0 Å². The number of aromatic nitrogens is 2. The molecule has 0 unspecified atom stereocenters. The lowest BCUT2D eigenvalue weighted by Crippen LogP contribution is -2.19. The maximum Gasteiger partial charge on any atom is 0.246 e. The fourth-order valence-electron chi connectivity index (χ4n) is 1.23. The minimum atomic E-state index is -0.302. The molecule has 1 saturated carbocycles. The molecule has 0 radical (unpaired) electrons. The average molecular weight is 196 g/mol. The Kier molecular flexibility index (Phi) is 2.28. The summed E-state index contributed by atoms with van der Waals surface area (Å²) in [5.41, 5.74) is 5.63. The predicted molar refractivity (Wildman–Crippen MR) is 51.7 cm³/mol. The van der Waals surface area contributed by atoms with Gasteiger partial charge in [0.1, 0.15) is 0 Å². The summed E-state index contributed by atoms with van der Waals surface area (Å²) in [6, 6.07) is 0. The molecule has 2 N–H and O–H groups in total. The Balaban J connectivity index is 1.96. The summed E-state index contributed by atoms with van der Waals surface area (Å²) in [5.74, 6) is 1.36. The van der Waals surface area contributed by atoms with E-state index in [1.165, 1.54) is 0 Å². The Morgan fingerprint density at radius 2 is 2.21 bits per heavy atom. The number of nitrogens with zero attached hydrogens (tertiary/aromatic N) is 3. The van der Waals surface area contributed by atoms with Crippen LogP contribution in [0.2, 0.25) is 0 Å². The second kappa shape index (κ2) is 3.33. The molecule has 1 fully saturated rings. The molecule has 0 atom stereocenters. The third-order valence-electron chi connectivity index (χ3n) is 2.47. The highest BCUT2D eigenvalue weighted by Crippen LogP contribution is 2.41. The summed E-state index contributed by atoms with van der Waals surface area (Å²) < 4.78 is 5.12. The fraction of sp³-hybridized carbons (Fsp3) is 0.778. The molecule has 0 aliphatic heterocycles. The summed E-state index contributed by atoms with van der Waals surface area (Å²) in [5, 5.41) is 3.90. The largest absolute Gasteiger partial charge is 0.337 e. The number of hydrogen-bond acceptors (Lipinski definition) is 5. The number of hydrogen-bond donors (Lipinski definition) is 1. The van der Waals surface area contributed by atoms with E-state index in [9.17, 15) is 0 Å². The molecule has 14 heavy (non-hydrogen) atoms. The van der Waals surface area contributed by atoms with Gasteiger partial charge in [-0.05, 0) is 26.9 Å². The second-order valence-electron chi connectivity index (χ2n) is 4.23. The molecule has 5 nitrogen and oxygen atoms in total. The monoisotopic (exact) mass is 196 g/mol. The van der Waals surface area contributed by atoms with Crippen molar-refractivity contribution in [1.82, 2.24) is 15.0 Å². The van der Waals surface area contributed by atoms with Crippen LogP contribution < -0.4 is 5.73 Å². The van der Waals surface area contributed by atoms with Gasteiger partial charge < -0.3 is 15.2 Å². The zero-order valence-electron chi connectivity index (χ0n) is 8.66. The molecule has 0 spiro atoms. The number of likely N-dealkylation sites (N-methyl/N-ethyl adjacent to an activating group) is 1. The lowest BCUT2D eigenvalue weighted by Gasteiger charge is -2.05. The summed E-state index contributed by atoms with van der Waals surface area (Å²) in [4.78, 5) is 6.38. The van der Waals surface area contributed by atoms with Crippen LogP contribution in [-0.4, -0.2) is 35.7 Å². The molecule has 1 aliphatic rings. The highest BCUT2D eigenvalue weighted by Gasteiger charge is 2.45. The summed E-state index contributed by atoms with van der Waals surface area (Å²) in [6.45, 7) is 0.927. The van der Waals surface area contributed by atoms with Gasteiger partial charge in [0.25, 0.3) is 0 Å². The highest BCUT2D eigenvalue weighted by molar-refractivity contribution is 5.11. The molecule has 0 saturated heterocycles. The molecule has 2 rings (SSSR count). The maximum absolute atomic E-state index is 5.93. The first kappa shape index (κ1) is 9.61. The van der Waals surface area contributed by atoms with Gasteiger partial charge in [-0.25, -0.2) is 0 Å². The lowest BCUT2D eigenvalue weighted by atomic mass is 10.3. The van der Waals surface area contributed by atoms with E-state index in [4.69, 9.17) is 10.3 Å². The predicted octanol–water partition coefficient (Wildman–Crippen LogP) is 0.121. The summed E-state index contributed by atoms with van der Waals surface area (Å²) in [6.07, 6.45) is 2.73. The van der Waals surface area contributed by atoms with Crippen LogP contribution in [0.1, 0.15) is 24.6 Å². The van der Waals surface area contributed by atoms with Gasteiger partial charge >= 0.3 is 0 Å². The number of rotatable bonds is 4. The van der Waals surface area contributed by atoms with Crippen molar-refractivity contribution in [3.05, 3.63) is 11.7 Å². The fourth-order valence-corrected chi connectivity index (χ4v) is 1.23. The van der Waals surface area contributed by atoms with Gasteiger partial charge in [-0.3, -0.25) is 0 Å². The first-order valence-electron chi connectivity index (χ1n) is 4.87. The van der Waals surface area contributed by atoms with Crippen LogP contribution in [0, 0.1) is 0 Å². The molecular weight excluding hydrogens is 180 g/mol. The van der Waals surface area contributed by atoms with E-state index in [0.29, 0.717) is 5.89 Å². The molecule has 0 amide bonds. The van der Waals surface area contributed by atoms with Crippen molar-refractivity contribution in [2.75, 3.05) is 20.6 Å². The van der Waals surface area contributed by atoms with Crippen LogP contribution in [0.15, 0.2) is 4.52 Å². The number of nitrogens with two attached hydrogens (primary N) is 1. The van der Waals surface area contributed by atoms with Crippen LogP contribution in [0.4, 0.5) is 0 Å². The zero-order valence-corrected chi connectivity index (χ0v) is 8.66. The lowest BCUT2D eigenvalue weighted by molar-refractivity contribution is 0.341. The van der Waals surface area contributed by atoms with Crippen molar-refractivity contribution in [1.29, 1.82) is 0 Å². The van der Waals surface area contributed by atoms with Gasteiger partial charge in [0.15, 0.2) is 5.82 Å². The molecule has 1 aliphatic carbocycles. The standard InChI is InChI=1S/C9H16N4O/c1-13(2)6-3-7-11-8(14-12-7)9(10)4-5-9/h3-6,10H2,1-2H3. The second-order valence-corrected chi connectivity index (χ2v) is 4.23. The van der Waals surface area contributed by atoms with Crippen LogP contribution in [0.25, 0.3) is 0 Å². The third kappa shape index (κ3) is 1.93. The van der Waals surface area contributed by atoms with E-state index < -0.39 is 0 Å². The minimum absolute atomic E-state index is 0.302. The van der Waals surface area contributed by atoms with Gasteiger partial charge in [-0.2, -0.15) is 4.98 Å². The molecule has 0 bridgehead atoms. The highest BCUT2D eigenvalue weighted by atomic mass is 16.5. The van der Waals surface area contributed by atoms with Gasteiger partial charge in [-0.15, -0.1) is 0 Å². The van der Waals surface area contributed by atoms with Crippen LogP contribution in [-0.2, 0) is 12.0 Å². The van der Waals surface area contributed by atoms with Gasteiger partial charge in [0.2, 0.25) is 5.89 Å². The molecular formula is C9H16N4O. The SMILES string of the molecule is CN(C)CCc1noc(C2(N)CC2)n1. The van der Waals surface area contributed by atoms with E-state index in [0.717, 1.165) is 31.6 Å². The Bertz CT molecular complexity index is 316. The van der Waals surface area contributed by atoms with E-state index in [2.05, 4.69) is 15.0 Å². The molecule has 1 heterocycles. The van der Waals surface area contributed by atoms with Gasteiger partial charge in [0, 0.05) is 13.0 Å². The van der Waals surface area contributed by atoms with Crippen molar-refractivity contribution in [3.8, 4) is 0 Å². The Morgan fingerprint density at radius 3 is 2.79 bits per heavy atom. The van der Waals surface area contributed by atoms with Crippen LogP contribution in [0.5, 0.6) is 0 Å². The Labute approximate surface area is 83.3 Å². The quantitative estimate of drug-likeness (QED) is 0.741. The Hall–Kier alpha value is -0.940. The first-order chi connectivity index (χ1) is 6.60. The van der Waals surface area contributed by atoms with Gasteiger partial charge in [-0.1, -0.05) is 5.16 Å². The summed E-state index contributed by atoms with van der Waals surface area (Å²) in [7, 11) is 4.04. The van der Waals surface area contributed by atoms with E-state index in [1.54, 1.807) is 0 Å². The third-order valence-corrected chi connectivity index (χ3v) is 2.47. The smallest absolute Gasteiger partial charge is 0.246 e. The molecule has 0 aromatic carbocycles. The average Bonchev–Trinajstić information content (AvgIpc) is 2.70. The topological polar surface area (TPSA) is 68.2 Å². The maximum atomic E-state index is 5.93.